The number of rotatable bonds is 1. The molecule has 0 spiro atoms. The summed E-state index contributed by atoms with van der Waals surface area (Å²) in [7, 11) is 0. The van der Waals surface area contributed by atoms with Crippen LogP contribution in [0.15, 0.2) is 6.20 Å². The number of anilines is 1. The predicted octanol–water partition coefficient (Wildman–Crippen LogP) is 2.29. The molecule has 8 heteroatoms. The molecule has 0 N–H and O–H groups in total. The molecule has 8 nitrogen and oxygen atoms in total. The second-order valence-corrected chi connectivity index (χ2v) is 8.45. The number of aromatic nitrogens is 2. The second kappa shape index (κ2) is 6.01. The topological polar surface area (TPSA) is 91.5 Å². The Hall–Kier alpha value is -2.56. The number of nitriles is 1. The van der Waals surface area contributed by atoms with Crippen LogP contribution < -0.4 is 4.90 Å². The average molecular weight is 359 g/mol. The molecule has 3 heterocycles. The van der Waals surface area contributed by atoms with Crippen molar-refractivity contribution in [1.82, 2.24) is 14.7 Å². The van der Waals surface area contributed by atoms with Crippen molar-refractivity contribution in [1.29, 1.82) is 5.26 Å². The standard InChI is InChI=1S/C18H25N5O3/c1-12-8-23-14(9-21(12)16(25)26-17(2,3)4)13(7-20-23)22-11-18(5,10-19)6-15(22)24/h7,12H,6,8-9,11H2,1-5H3. The van der Waals surface area contributed by atoms with Gasteiger partial charge in [0.2, 0.25) is 5.91 Å². The summed E-state index contributed by atoms with van der Waals surface area (Å²) in [6, 6.07) is 2.16. The number of carbonyl (C=O) groups excluding carboxylic acids is 2. The fraction of sp³-hybridized carbons (Fsp3) is 0.667. The lowest BCUT2D eigenvalue weighted by Gasteiger charge is -2.36. The molecular formula is C18H25N5O3. The Labute approximate surface area is 153 Å². The van der Waals surface area contributed by atoms with E-state index in [1.165, 1.54) is 0 Å². The minimum atomic E-state index is -0.696. The number of nitrogens with zero attached hydrogens (tertiary/aromatic N) is 5. The maximum atomic E-state index is 12.6. The lowest BCUT2D eigenvalue weighted by molar-refractivity contribution is -0.117. The highest BCUT2D eigenvalue weighted by Crippen LogP contribution is 2.36. The summed E-state index contributed by atoms with van der Waals surface area (Å²) in [6.45, 7) is 10.4. The van der Waals surface area contributed by atoms with Gasteiger partial charge in [-0.25, -0.2) is 4.79 Å². The normalized spacial score (nSPS) is 25.8. The van der Waals surface area contributed by atoms with Crippen molar-refractivity contribution >= 4 is 17.7 Å². The molecule has 2 atom stereocenters. The maximum absolute atomic E-state index is 12.6. The van der Waals surface area contributed by atoms with E-state index in [4.69, 9.17) is 4.74 Å². The second-order valence-electron chi connectivity index (χ2n) is 8.45. The lowest BCUT2D eigenvalue weighted by Crippen LogP contribution is -2.47. The van der Waals surface area contributed by atoms with E-state index in [0.29, 0.717) is 25.3 Å². The molecule has 140 valence electrons. The zero-order valence-corrected chi connectivity index (χ0v) is 15.9. The van der Waals surface area contributed by atoms with Crippen LogP contribution in [-0.2, 0) is 22.6 Å². The van der Waals surface area contributed by atoms with Gasteiger partial charge in [-0.2, -0.15) is 10.4 Å². The van der Waals surface area contributed by atoms with Gasteiger partial charge < -0.3 is 9.64 Å². The zero-order valence-electron chi connectivity index (χ0n) is 15.9. The van der Waals surface area contributed by atoms with Gasteiger partial charge in [0, 0.05) is 13.0 Å². The van der Waals surface area contributed by atoms with Crippen molar-refractivity contribution in [3.63, 3.8) is 0 Å². The fourth-order valence-electron chi connectivity index (χ4n) is 3.39. The Morgan fingerprint density at radius 1 is 1.46 bits per heavy atom. The van der Waals surface area contributed by atoms with Gasteiger partial charge in [-0.15, -0.1) is 0 Å². The van der Waals surface area contributed by atoms with Crippen molar-refractivity contribution in [2.24, 2.45) is 5.41 Å². The molecule has 1 aromatic heterocycles. The van der Waals surface area contributed by atoms with Crippen LogP contribution in [0.4, 0.5) is 10.5 Å². The summed E-state index contributed by atoms with van der Waals surface area (Å²) in [4.78, 5) is 28.3. The largest absolute Gasteiger partial charge is 0.444 e. The van der Waals surface area contributed by atoms with E-state index in [9.17, 15) is 14.9 Å². The maximum Gasteiger partial charge on any atom is 0.410 e. The highest BCUT2D eigenvalue weighted by Gasteiger charge is 2.43. The molecule has 1 saturated heterocycles. The van der Waals surface area contributed by atoms with E-state index in [0.717, 1.165) is 5.69 Å². The van der Waals surface area contributed by atoms with Crippen LogP contribution in [0.2, 0.25) is 0 Å². The van der Waals surface area contributed by atoms with Gasteiger partial charge in [0.05, 0.1) is 48.2 Å². The van der Waals surface area contributed by atoms with E-state index in [1.807, 2.05) is 32.4 Å². The van der Waals surface area contributed by atoms with Crippen molar-refractivity contribution in [3.8, 4) is 6.07 Å². The monoisotopic (exact) mass is 359 g/mol. The van der Waals surface area contributed by atoms with E-state index in [2.05, 4.69) is 11.2 Å². The third kappa shape index (κ3) is 3.26. The molecule has 2 aliphatic rings. The van der Waals surface area contributed by atoms with E-state index in [1.54, 1.807) is 22.9 Å². The predicted molar refractivity (Wildman–Crippen MR) is 94.2 cm³/mol. The molecule has 0 saturated carbocycles. The molecule has 0 aliphatic carbocycles. The number of ether oxygens (including phenoxy) is 1. The van der Waals surface area contributed by atoms with Crippen LogP contribution in [0, 0.1) is 16.7 Å². The van der Waals surface area contributed by atoms with Gasteiger partial charge >= 0.3 is 6.09 Å². The van der Waals surface area contributed by atoms with Gasteiger partial charge in [-0.3, -0.25) is 14.4 Å². The molecule has 1 fully saturated rings. The first-order valence-electron chi connectivity index (χ1n) is 8.79. The summed E-state index contributed by atoms with van der Waals surface area (Å²) in [5.41, 5.74) is 0.203. The number of fused-ring (bicyclic) bond motifs is 1. The summed E-state index contributed by atoms with van der Waals surface area (Å²) in [6.07, 6.45) is 1.47. The first kappa shape index (κ1) is 18.2. The molecule has 2 unspecified atom stereocenters. The molecule has 3 rings (SSSR count). The Kier molecular flexibility index (Phi) is 4.21. The first-order chi connectivity index (χ1) is 12.0. The molecule has 0 aromatic carbocycles. The highest BCUT2D eigenvalue weighted by molar-refractivity contribution is 5.97. The van der Waals surface area contributed by atoms with Crippen molar-refractivity contribution in [3.05, 3.63) is 11.9 Å². The number of hydrogen-bond donors (Lipinski definition) is 0. The van der Waals surface area contributed by atoms with Crippen LogP contribution in [0.5, 0.6) is 0 Å². The summed E-state index contributed by atoms with van der Waals surface area (Å²) < 4.78 is 7.34. The first-order valence-corrected chi connectivity index (χ1v) is 8.79. The molecule has 1 aromatic rings. The molecule has 2 aliphatic heterocycles. The smallest absolute Gasteiger partial charge is 0.410 e. The molecule has 0 bridgehead atoms. The Morgan fingerprint density at radius 3 is 2.73 bits per heavy atom. The molecular weight excluding hydrogens is 334 g/mol. The summed E-state index contributed by atoms with van der Waals surface area (Å²) in [5.74, 6) is -0.0905. The zero-order chi connectivity index (χ0) is 19.3. The van der Waals surface area contributed by atoms with Crippen LogP contribution in [0.25, 0.3) is 0 Å². The van der Waals surface area contributed by atoms with Gasteiger partial charge in [0.1, 0.15) is 5.60 Å². The van der Waals surface area contributed by atoms with Crippen molar-refractivity contribution in [2.75, 3.05) is 11.4 Å². The molecule has 2 amide bonds. The van der Waals surface area contributed by atoms with Crippen molar-refractivity contribution < 1.29 is 14.3 Å². The van der Waals surface area contributed by atoms with Gasteiger partial charge in [-0.1, -0.05) is 0 Å². The fourth-order valence-corrected chi connectivity index (χ4v) is 3.39. The Balaban J connectivity index is 1.87. The Morgan fingerprint density at radius 2 is 2.15 bits per heavy atom. The third-order valence-corrected chi connectivity index (χ3v) is 4.75. The minimum Gasteiger partial charge on any atom is -0.444 e. The van der Waals surface area contributed by atoms with E-state index < -0.39 is 11.0 Å². The van der Waals surface area contributed by atoms with E-state index >= 15 is 0 Å². The van der Waals surface area contributed by atoms with Crippen LogP contribution in [0.3, 0.4) is 0 Å². The summed E-state index contributed by atoms with van der Waals surface area (Å²) >= 11 is 0. The van der Waals surface area contributed by atoms with E-state index in [-0.39, 0.29) is 24.5 Å². The van der Waals surface area contributed by atoms with Crippen LogP contribution in [0.1, 0.15) is 46.7 Å². The quantitative estimate of drug-likeness (QED) is 0.767. The number of hydrogen-bond acceptors (Lipinski definition) is 5. The van der Waals surface area contributed by atoms with Crippen molar-refractivity contribution in [2.45, 2.75) is 65.8 Å². The third-order valence-electron chi connectivity index (χ3n) is 4.75. The SMILES string of the molecule is CC1Cn2ncc(N3CC(C)(C#N)CC3=O)c2CN1C(=O)OC(C)(C)C. The Bertz CT molecular complexity index is 788. The minimum absolute atomic E-state index is 0.0660. The average Bonchev–Trinajstić information content (AvgIpc) is 3.05. The van der Waals surface area contributed by atoms with Crippen LogP contribution in [-0.4, -0.2) is 44.9 Å². The molecule has 0 radical (unpaired) electrons. The summed E-state index contributed by atoms with van der Waals surface area (Å²) in [5, 5.41) is 13.7. The van der Waals surface area contributed by atoms with Gasteiger partial charge in [0.25, 0.3) is 0 Å². The van der Waals surface area contributed by atoms with Gasteiger partial charge in [-0.05, 0) is 34.6 Å². The highest BCUT2D eigenvalue weighted by atomic mass is 16.6. The number of carbonyl (C=O) groups is 2. The molecule has 26 heavy (non-hydrogen) atoms. The van der Waals surface area contributed by atoms with Crippen LogP contribution >= 0.6 is 0 Å². The number of amides is 2. The van der Waals surface area contributed by atoms with Gasteiger partial charge in [0.15, 0.2) is 0 Å². The lowest BCUT2D eigenvalue weighted by atomic mass is 9.92.